The van der Waals surface area contributed by atoms with Crippen molar-refractivity contribution in [2.45, 2.75) is 0 Å². The molecule has 0 spiro atoms. The first kappa shape index (κ1) is 11.7. The molecule has 2 amide bonds. The zero-order valence-electron chi connectivity index (χ0n) is 9.25. The van der Waals surface area contributed by atoms with Gasteiger partial charge in [0, 0.05) is 11.1 Å². The maximum Gasteiger partial charge on any atom is 0.251 e. The molecule has 18 heavy (non-hydrogen) atoms. The lowest BCUT2D eigenvalue weighted by molar-refractivity contribution is -0.117. The van der Waals surface area contributed by atoms with Crippen LogP contribution in [-0.4, -0.2) is 39.0 Å². The molecular weight excluding hydrogens is 236 g/mol. The number of nitrogens with one attached hydrogen (secondary N) is 2. The van der Waals surface area contributed by atoms with Crippen LogP contribution in [0.1, 0.15) is 10.4 Å². The van der Waals surface area contributed by atoms with Crippen molar-refractivity contribution in [1.82, 2.24) is 25.9 Å². The Bertz CT molecular complexity index is 566. The van der Waals surface area contributed by atoms with Gasteiger partial charge >= 0.3 is 0 Å². The van der Waals surface area contributed by atoms with Gasteiger partial charge in [0.05, 0.1) is 6.54 Å². The molecule has 1 aromatic carbocycles. The fraction of sp³-hybridized carbons (Fsp3) is 0.100. The first-order chi connectivity index (χ1) is 8.66. The van der Waals surface area contributed by atoms with Crippen LogP contribution in [0.15, 0.2) is 24.3 Å². The Morgan fingerprint density at radius 3 is 2.89 bits per heavy atom. The van der Waals surface area contributed by atoms with Crippen molar-refractivity contribution in [1.29, 1.82) is 0 Å². The molecule has 1 heterocycles. The number of nitrogens with zero attached hydrogens (tertiary/aromatic N) is 3. The minimum atomic E-state index is -0.599. The maximum absolute atomic E-state index is 11.7. The molecular formula is C10H10N6O2. The smallest absolute Gasteiger partial charge is 0.251 e. The Kier molecular flexibility index (Phi) is 3.28. The number of aromatic nitrogens is 4. The standard InChI is InChI=1S/C10H10N6O2/c11-8(17)5-12-10(18)7-3-1-2-6(4-7)9-13-15-16-14-9/h1-4H,5H2,(H2,11,17)(H,12,18)(H,13,14,15,16). The molecule has 0 aliphatic carbocycles. The Balaban J connectivity index is 2.17. The van der Waals surface area contributed by atoms with Crippen LogP contribution in [0.3, 0.4) is 0 Å². The van der Waals surface area contributed by atoms with E-state index in [1.54, 1.807) is 24.3 Å². The molecule has 8 nitrogen and oxygen atoms in total. The number of benzene rings is 1. The monoisotopic (exact) mass is 246 g/mol. The van der Waals surface area contributed by atoms with Gasteiger partial charge in [0.15, 0.2) is 0 Å². The van der Waals surface area contributed by atoms with Gasteiger partial charge in [0.1, 0.15) is 0 Å². The van der Waals surface area contributed by atoms with E-state index in [0.717, 1.165) is 0 Å². The topological polar surface area (TPSA) is 127 Å². The molecule has 0 unspecified atom stereocenters. The molecule has 0 aliphatic heterocycles. The minimum Gasteiger partial charge on any atom is -0.368 e. The van der Waals surface area contributed by atoms with Crippen molar-refractivity contribution < 1.29 is 9.59 Å². The number of primary amides is 1. The Hall–Kier alpha value is -2.77. The van der Waals surface area contributed by atoms with Gasteiger partial charge in [-0.05, 0) is 17.3 Å². The second-order valence-electron chi connectivity index (χ2n) is 3.47. The van der Waals surface area contributed by atoms with Gasteiger partial charge in [-0.15, -0.1) is 10.2 Å². The van der Waals surface area contributed by atoms with E-state index in [0.29, 0.717) is 17.0 Å². The molecule has 1 aromatic heterocycles. The summed E-state index contributed by atoms with van der Waals surface area (Å²) in [6.07, 6.45) is 0. The number of hydrogen-bond acceptors (Lipinski definition) is 5. The highest BCUT2D eigenvalue weighted by molar-refractivity contribution is 5.97. The molecule has 2 rings (SSSR count). The lowest BCUT2D eigenvalue weighted by atomic mass is 10.1. The van der Waals surface area contributed by atoms with Crippen molar-refractivity contribution in [2.24, 2.45) is 5.73 Å². The number of H-pyrrole nitrogens is 1. The highest BCUT2D eigenvalue weighted by Crippen LogP contribution is 2.14. The third-order valence-electron chi connectivity index (χ3n) is 2.15. The van der Waals surface area contributed by atoms with Gasteiger partial charge in [0.25, 0.3) is 5.91 Å². The van der Waals surface area contributed by atoms with Crippen LogP contribution in [0.4, 0.5) is 0 Å². The van der Waals surface area contributed by atoms with E-state index in [1.165, 1.54) is 0 Å². The van der Waals surface area contributed by atoms with E-state index in [4.69, 9.17) is 5.73 Å². The van der Waals surface area contributed by atoms with Crippen molar-refractivity contribution in [3.63, 3.8) is 0 Å². The fourth-order valence-corrected chi connectivity index (χ4v) is 1.35. The second kappa shape index (κ2) is 5.04. The zero-order valence-corrected chi connectivity index (χ0v) is 9.25. The third-order valence-corrected chi connectivity index (χ3v) is 2.15. The number of carbonyl (C=O) groups is 2. The molecule has 0 bridgehead atoms. The largest absolute Gasteiger partial charge is 0.368 e. The molecule has 2 aromatic rings. The quantitative estimate of drug-likeness (QED) is 0.643. The normalized spacial score (nSPS) is 10.0. The van der Waals surface area contributed by atoms with Crippen LogP contribution < -0.4 is 11.1 Å². The number of amides is 2. The number of tetrazole rings is 1. The summed E-state index contributed by atoms with van der Waals surface area (Å²) >= 11 is 0. The maximum atomic E-state index is 11.7. The highest BCUT2D eigenvalue weighted by atomic mass is 16.2. The minimum absolute atomic E-state index is 0.203. The van der Waals surface area contributed by atoms with Gasteiger partial charge in [-0.1, -0.05) is 12.1 Å². The van der Waals surface area contributed by atoms with Crippen molar-refractivity contribution in [3.8, 4) is 11.4 Å². The number of rotatable bonds is 4. The average molecular weight is 246 g/mol. The molecule has 8 heteroatoms. The molecule has 0 saturated carbocycles. The predicted molar refractivity (Wildman–Crippen MR) is 61.1 cm³/mol. The molecule has 0 radical (unpaired) electrons. The first-order valence-corrected chi connectivity index (χ1v) is 5.07. The third kappa shape index (κ3) is 2.67. The van der Waals surface area contributed by atoms with E-state index in [-0.39, 0.29) is 12.5 Å². The van der Waals surface area contributed by atoms with Crippen molar-refractivity contribution >= 4 is 11.8 Å². The molecule has 0 atom stereocenters. The van der Waals surface area contributed by atoms with Gasteiger partial charge in [-0.2, -0.15) is 5.21 Å². The Labute approximate surface area is 102 Å². The van der Waals surface area contributed by atoms with E-state index < -0.39 is 5.91 Å². The van der Waals surface area contributed by atoms with E-state index in [2.05, 4.69) is 25.9 Å². The summed E-state index contributed by atoms with van der Waals surface area (Å²) in [7, 11) is 0. The zero-order chi connectivity index (χ0) is 13.0. The average Bonchev–Trinajstić information content (AvgIpc) is 2.90. The summed E-state index contributed by atoms with van der Waals surface area (Å²) in [6, 6.07) is 6.64. The SMILES string of the molecule is NC(=O)CNC(=O)c1cccc(-c2nn[nH]n2)c1. The molecule has 4 N–H and O–H groups in total. The summed E-state index contributed by atoms with van der Waals surface area (Å²) in [4.78, 5) is 22.3. The van der Waals surface area contributed by atoms with Crippen molar-refractivity contribution in [3.05, 3.63) is 29.8 Å². The lowest BCUT2D eigenvalue weighted by Crippen LogP contribution is -2.33. The summed E-state index contributed by atoms with van der Waals surface area (Å²) in [6.45, 7) is -0.203. The number of aromatic amines is 1. The van der Waals surface area contributed by atoms with E-state index in [1.807, 2.05) is 0 Å². The summed E-state index contributed by atoms with van der Waals surface area (Å²) < 4.78 is 0. The number of nitrogens with two attached hydrogens (primary N) is 1. The van der Waals surface area contributed by atoms with E-state index in [9.17, 15) is 9.59 Å². The number of carbonyl (C=O) groups excluding carboxylic acids is 2. The summed E-state index contributed by atoms with van der Waals surface area (Å²) in [5.41, 5.74) is 5.98. The molecule has 0 fully saturated rings. The van der Waals surface area contributed by atoms with Gasteiger partial charge < -0.3 is 11.1 Å². The van der Waals surface area contributed by atoms with Crippen LogP contribution in [0.25, 0.3) is 11.4 Å². The van der Waals surface area contributed by atoms with Crippen LogP contribution in [0.5, 0.6) is 0 Å². The predicted octanol–water partition coefficient (Wildman–Crippen LogP) is -0.918. The van der Waals surface area contributed by atoms with Crippen LogP contribution in [0.2, 0.25) is 0 Å². The second-order valence-corrected chi connectivity index (χ2v) is 3.47. The summed E-state index contributed by atoms with van der Waals surface area (Å²) in [5.74, 6) is -0.601. The lowest BCUT2D eigenvalue weighted by Gasteiger charge is -2.03. The molecule has 0 saturated heterocycles. The Morgan fingerprint density at radius 1 is 1.39 bits per heavy atom. The van der Waals surface area contributed by atoms with Gasteiger partial charge in [-0.3, -0.25) is 9.59 Å². The molecule has 92 valence electrons. The Morgan fingerprint density at radius 2 is 2.22 bits per heavy atom. The van der Waals surface area contributed by atoms with E-state index >= 15 is 0 Å². The van der Waals surface area contributed by atoms with Gasteiger partial charge in [-0.25, -0.2) is 0 Å². The highest BCUT2D eigenvalue weighted by Gasteiger charge is 2.09. The van der Waals surface area contributed by atoms with Gasteiger partial charge in [0.2, 0.25) is 11.7 Å². The molecule has 0 aliphatic rings. The number of hydrogen-bond donors (Lipinski definition) is 3. The first-order valence-electron chi connectivity index (χ1n) is 5.07. The van der Waals surface area contributed by atoms with Crippen LogP contribution in [0, 0.1) is 0 Å². The van der Waals surface area contributed by atoms with Crippen LogP contribution in [-0.2, 0) is 4.79 Å². The summed E-state index contributed by atoms with van der Waals surface area (Å²) in [5, 5.41) is 15.8. The fourth-order valence-electron chi connectivity index (χ4n) is 1.35. The van der Waals surface area contributed by atoms with Crippen molar-refractivity contribution in [2.75, 3.05) is 6.54 Å². The van der Waals surface area contributed by atoms with Crippen LogP contribution >= 0.6 is 0 Å².